The molecule has 30 heavy (non-hydrogen) atoms. The summed E-state index contributed by atoms with van der Waals surface area (Å²) >= 11 is 9.22. The topological polar surface area (TPSA) is 91.4 Å². The quantitative estimate of drug-likeness (QED) is 0.198. The van der Waals surface area contributed by atoms with Crippen LogP contribution in [0.2, 0.25) is 5.02 Å². The van der Waals surface area contributed by atoms with Gasteiger partial charge in [-0.1, -0.05) is 27.5 Å². The molecule has 0 aliphatic carbocycles. The zero-order chi connectivity index (χ0) is 22.0. The number of esters is 1. The zero-order valence-electron chi connectivity index (χ0n) is 16.0. The van der Waals surface area contributed by atoms with Gasteiger partial charge in [0.2, 0.25) is 5.78 Å². The summed E-state index contributed by atoms with van der Waals surface area (Å²) in [7, 11) is 0. The first-order chi connectivity index (χ1) is 14.2. The molecule has 0 atom stereocenters. The number of benzene rings is 2. The number of hydrogen-bond acceptors (Lipinski definition) is 5. The number of hydrogen-bond donors (Lipinski definition) is 0. The summed E-state index contributed by atoms with van der Waals surface area (Å²) in [5, 5.41) is 11.3. The number of nitro benzene ring substituents is 1. The third-order valence-corrected chi connectivity index (χ3v) is 5.29. The Balaban J connectivity index is 1.80. The van der Waals surface area contributed by atoms with Crippen LogP contribution < -0.4 is 0 Å². The van der Waals surface area contributed by atoms with Gasteiger partial charge < -0.3 is 9.30 Å². The molecule has 0 unspecified atom stereocenters. The average molecular weight is 492 g/mol. The summed E-state index contributed by atoms with van der Waals surface area (Å²) in [6.45, 7) is 3.12. The normalized spacial score (nSPS) is 10.7. The van der Waals surface area contributed by atoms with Crippen molar-refractivity contribution < 1.29 is 19.2 Å². The lowest BCUT2D eigenvalue weighted by Gasteiger charge is -2.10. The van der Waals surface area contributed by atoms with E-state index >= 15 is 0 Å². The van der Waals surface area contributed by atoms with Crippen LogP contribution in [0.5, 0.6) is 0 Å². The summed E-state index contributed by atoms with van der Waals surface area (Å²) in [4.78, 5) is 35.4. The predicted octanol–water partition coefficient (Wildman–Crippen LogP) is 5.46. The lowest BCUT2D eigenvalue weighted by molar-refractivity contribution is -0.385. The molecule has 1 aromatic heterocycles. The number of ketones is 1. The van der Waals surface area contributed by atoms with E-state index < -0.39 is 29.0 Å². The average Bonchev–Trinajstić information content (AvgIpc) is 3.00. The molecule has 3 rings (SSSR count). The molecule has 0 aliphatic heterocycles. The predicted molar refractivity (Wildman–Crippen MR) is 116 cm³/mol. The Morgan fingerprint density at radius 2 is 1.77 bits per heavy atom. The number of rotatable bonds is 6. The van der Waals surface area contributed by atoms with Crippen molar-refractivity contribution in [3.05, 3.63) is 90.7 Å². The van der Waals surface area contributed by atoms with Crippen LogP contribution in [-0.2, 0) is 4.74 Å². The van der Waals surface area contributed by atoms with Gasteiger partial charge in [0, 0.05) is 38.2 Å². The second-order valence-electron chi connectivity index (χ2n) is 6.51. The maximum absolute atomic E-state index is 12.7. The highest BCUT2D eigenvalue weighted by molar-refractivity contribution is 9.10. The van der Waals surface area contributed by atoms with Crippen molar-refractivity contribution in [2.45, 2.75) is 13.8 Å². The van der Waals surface area contributed by atoms with Crippen LogP contribution in [0, 0.1) is 24.0 Å². The Morgan fingerprint density at radius 1 is 1.10 bits per heavy atom. The number of carbonyl (C=O) groups excluding carboxylic acids is 2. The molecular formula is C21H16BrClN2O5. The minimum atomic E-state index is -0.987. The zero-order valence-corrected chi connectivity index (χ0v) is 18.4. The van der Waals surface area contributed by atoms with E-state index in [4.69, 9.17) is 16.3 Å². The van der Waals surface area contributed by atoms with Crippen LogP contribution in [0.25, 0.3) is 5.69 Å². The molecule has 0 fully saturated rings. The lowest BCUT2D eigenvalue weighted by Crippen LogP contribution is -2.16. The third-order valence-electron chi connectivity index (χ3n) is 4.53. The van der Waals surface area contributed by atoms with Crippen LogP contribution in [0.1, 0.15) is 32.1 Å². The fourth-order valence-electron chi connectivity index (χ4n) is 3.15. The molecule has 0 N–H and O–H groups in total. The van der Waals surface area contributed by atoms with Gasteiger partial charge in [-0.2, -0.15) is 0 Å². The SMILES string of the molecule is Cc1cc(C(=O)COC(=O)c2cc(Cl)ccc2[N+](=O)[O-])c(C)n1-c1ccc(Br)cc1. The Kier molecular flexibility index (Phi) is 6.38. The van der Waals surface area contributed by atoms with Crippen LogP contribution in [-0.4, -0.2) is 27.8 Å². The van der Waals surface area contributed by atoms with Gasteiger partial charge >= 0.3 is 5.97 Å². The van der Waals surface area contributed by atoms with Gasteiger partial charge in [0.05, 0.1) is 4.92 Å². The molecule has 0 amide bonds. The van der Waals surface area contributed by atoms with Crippen LogP contribution in [0.4, 0.5) is 5.69 Å². The molecule has 1 heterocycles. The van der Waals surface area contributed by atoms with Crippen molar-refractivity contribution in [3.8, 4) is 5.69 Å². The first kappa shape index (κ1) is 21.7. The Morgan fingerprint density at radius 3 is 2.40 bits per heavy atom. The van der Waals surface area contributed by atoms with E-state index in [9.17, 15) is 19.7 Å². The number of halogens is 2. The number of nitrogens with zero attached hydrogens (tertiary/aromatic N) is 2. The van der Waals surface area contributed by atoms with Gasteiger partial charge in [0.1, 0.15) is 5.56 Å². The number of aryl methyl sites for hydroxylation is 1. The summed E-state index contributed by atoms with van der Waals surface area (Å²) in [6.07, 6.45) is 0. The van der Waals surface area contributed by atoms with E-state index in [-0.39, 0.29) is 10.6 Å². The van der Waals surface area contributed by atoms with Gasteiger partial charge in [0.15, 0.2) is 6.61 Å². The summed E-state index contributed by atoms with van der Waals surface area (Å²) < 4.78 is 7.91. The van der Waals surface area contributed by atoms with Crippen molar-refractivity contribution in [2.24, 2.45) is 0 Å². The molecule has 0 saturated heterocycles. The monoisotopic (exact) mass is 490 g/mol. The van der Waals surface area contributed by atoms with Gasteiger partial charge in [-0.3, -0.25) is 14.9 Å². The van der Waals surface area contributed by atoms with Crippen molar-refractivity contribution in [1.82, 2.24) is 4.57 Å². The van der Waals surface area contributed by atoms with Gasteiger partial charge in [-0.05, 0) is 56.3 Å². The molecule has 7 nitrogen and oxygen atoms in total. The molecule has 0 spiro atoms. The van der Waals surface area contributed by atoms with Gasteiger partial charge in [-0.25, -0.2) is 4.79 Å². The number of Topliss-reactive ketones (excluding diaryl/α,β-unsaturated/α-hetero) is 1. The van der Waals surface area contributed by atoms with E-state index in [2.05, 4.69) is 15.9 Å². The number of carbonyl (C=O) groups is 2. The van der Waals surface area contributed by atoms with Crippen LogP contribution >= 0.6 is 27.5 Å². The highest BCUT2D eigenvalue weighted by atomic mass is 79.9. The summed E-state index contributed by atoms with van der Waals surface area (Å²) in [5.74, 6) is -1.40. The first-order valence-corrected chi connectivity index (χ1v) is 9.95. The first-order valence-electron chi connectivity index (χ1n) is 8.78. The number of aromatic nitrogens is 1. The Bertz CT molecular complexity index is 1150. The minimum absolute atomic E-state index is 0.150. The molecule has 0 bridgehead atoms. The number of nitro groups is 1. The number of ether oxygens (including phenoxy) is 1. The molecule has 0 saturated carbocycles. The summed E-state index contributed by atoms with van der Waals surface area (Å²) in [5.41, 5.74) is 2.09. The van der Waals surface area contributed by atoms with Gasteiger partial charge in [0.25, 0.3) is 5.69 Å². The van der Waals surface area contributed by atoms with Crippen LogP contribution in [0.15, 0.2) is 53.0 Å². The van der Waals surface area contributed by atoms with Crippen molar-refractivity contribution in [1.29, 1.82) is 0 Å². The highest BCUT2D eigenvalue weighted by Gasteiger charge is 2.24. The molecule has 154 valence electrons. The van der Waals surface area contributed by atoms with Crippen LogP contribution in [0.3, 0.4) is 0 Å². The molecule has 0 aliphatic rings. The highest BCUT2D eigenvalue weighted by Crippen LogP contribution is 2.25. The van der Waals surface area contributed by atoms with E-state index in [0.29, 0.717) is 11.3 Å². The fraction of sp³-hybridized carbons (Fsp3) is 0.143. The largest absolute Gasteiger partial charge is 0.454 e. The van der Waals surface area contributed by atoms with Gasteiger partial charge in [-0.15, -0.1) is 0 Å². The second-order valence-corrected chi connectivity index (χ2v) is 7.87. The van der Waals surface area contributed by atoms with Crippen molar-refractivity contribution >= 4 is 45.0 Å². The third kappa shape index (κ3) is 4.44. The maximum Gasteiger partial charge on any atom is 0.345 e. The summed E-state index contributed by atoms with van der Waals surface area (Å²) in [6, 6.07) is 12.9. The van der Waals surface area contributed by atoms with E-state index in [1.165, 1.54) is 6.07 Å². The molecule has 2 aromatic carbocycles. The van der Waals surface area contributed by atoms with Crippen molar-refractivity contribution in [3.63, 3.8) is 0 Å². The molecule has 0 radical (unpaired) electrons. The molecular weight excluding hydrogens is 476 g/mol. The smallest absolute Gasteiger partial charge is 0.345 e. The lowest BCUT2D eigenvalue weighted by atomic mass is 10.1. The van der Waals surface area contributed by atoms with E-state index in [1.54, 1.807) is 13.0 Å². The second kappa shape index (κ2) is 8.81. The van der Waals surface area contributed by atoms with E-state index in [1.807, 2.05) is 35.8 Å². The fourth-order valence-corrected chi connectivity index (χ4v) is 3.59. The van der Waals surface area contributed by atoms with E-state index in [0.717, 1.165) is 28.0 Å². The van der Waals surface area contributed by atoms with Crippen molar-refractivity contribution in [2.75, 3.05) is 6.61 Å². The maximum atomic E-state index is 12.7. The minimum Gasteiger partial charge on any atom is -0.454 e. The molecule has 9 heteroatoms. The Labute approximate surface area is 185 Å². The standard InChI is InChI=1S/C21H16BrClN2O5/c1-12-9-17(13(2)24(12)16-6-3-14(22)4-7-16)20(26)11-30-21(27)18-10-15(23)5-8-19(18)25(28)29/h3-10H,11H2,1-2H3. The Hall–Kier alpha value is -2.97. The molecule has 3 aromatic rings.